The van der Waals surface area contributed by atoms with Gasteiger partial charge in [-0.3, -0.25) is 0 Å². The van der Waals surface area contributed by atoms with Crippen LogP contribution < -0.4 is 4.74 Å². The van der Waals surface area contributed by atoms with Gasteiger partial charge in [0.25, 0.3) is 0 Å². The van der Waals surface area contributed by atoms with Crippen LogP contribution in [0.1, 0.15) is 61.6 Å². The lowest BCUT2D eigenvalue weighted by Gasteiger charge is -2.26. The summed E-state index contributed by atoms with van der Waals surface area (Å²) in [7, 11) is 0. The van der Waals surface area contributed by atoms with E-state index in [-0.39, 0.29) is 17.2 Å². The van der Waals surface area contributed by atoms with Crippen LogP contribution in [0.2, 0.25) is 0 Å². The molecule has 0 aromatic heterocycles. The molecule has 0 N–H and O–H groups in total. The summed E-state index contributed by atoms with van der Waals surface area (Å²) >= 11 is 0. The molecule has 0 saturated heterocycles. The topological polar surface area (TPSA) is 26.3 Å². The number of rotatable bonds is 7. The van der Waals surface area contributed by atoms with Gasteiger partial charge in [-0.15, -0.1) is 0 Å². The zero-order valence-corrected chi connectivity index (χ0v) is 15.7. The van der Waals surface area contributed by atoms with Crippen LogP contribution in [-0.4, -0.2) is 6.29 Å². The van der Waals surface area contributed by atoms with Gasteiger partial charge in [0.05, 0.1) is 5.56 Å². The first kappa shape index (κ1) is 19.5. The van der Waals surface area contributed by atoms with Crippen molar-refractivity contribution in [1.29, 1.82) is 0 Å². The van der Waals surface area contributed by atoms with Crippen molar-refractivity contribution in [2.75, 3.05) is 0 Å². The molecule has 144 valence electrons. The summed E-state index contributed by atoms with van der Waals surface area (Å²) in [6, 6.07) is 13.3. The molecule has 0 aliphatic heterocycles. The Bertz CT molecular complexity index is 730. The molecule has 0 spiro atoms. The molecule has 0 unspecified atom stereocenters. The largest absolute Gasteiger partial charge is 0.429 e. The number of carbonyl (C=O) groups is 1. The molecular formula is C23H26F2O2. The Balaban J connectivity index is 1.63. The first-order valence-electron chi connectivity index (χ1n) is 9.73. The molecule has 0 heterocycles. The number of carbonyl (C=O) groups excluding carboxylic acids is 1. The molecule has 0 atom stereocenters. The Hall–Kier alpha value is -2.23. The lowest BCUT2D eigenvalue weighted by molar-refractivity contribution is -0.185. The highest BCUT2D eigenvalue weighted by molar-refractivity contribution is 5.53. The van der Waals surface area contributed by atoms with Crippen LogP contribution >= 0.6 is 0 Å². The molecule has 1 fully saturated rings. The first-order valence-corrected chi connectivity index (χ1v) is 9.73. The quantitative estimate of drug-likeness (QED) is 0.538. The highest BCUT2D eigenvalue weighted by Gasteiger charge is 2.34. The van der Waals surface area contributed by atoms with Crippen molar-refractivity contribution in [3.63, 3.8) is 0 Å². The summed E-state index contributed by atoms with van der Waals surface area (Å²) in [4.78, 5) is 10.9. The number of alkyl halides is 2. The third kappa shape index (κ3) is 4.94. The Morgan fingerprint density at radius 3 is 2.19 bits per heavy atom. The van der Waals surface area contributed by atoms with E-state index in [1.165, 1.54) is 12.1 Å². The third-order valence-corrected chi connectivity index (χ3v) is 5.39. The number of halogens is 2. The van der Waals surface area contributed by atoms with Crippen molar-refractivity contribution in [2.24, 2.45) is 5.92 Å². The smallest absolute Gasteiger partial charge is 0.426 e. The Morgan fingerprint density at radius 1 is 1.00 bits per heavy atom. The molecule has 1 saturated carbocycles. The molecule has 3 rings (SSSR count). The van der Waals surface area contributed by atoms with Gasteiger partial charge in [0.2, 0.25) is 0 Å². The van der Waals surface area contributed by atoms with Crippen molar-refractivity contribution in [2.45, 2.75) is 57.5 Å². The van der Waals surface area contributed by atoms with E-state index in [4.69, 9.17) is 4.74 Å². The summed E-state index contributed by atoms with van der Waals surface area (Å²) in [5.74, 6) is 0.719. The van der Waals surface area contributed by atoms with Crippen molar-refractivity contribution in [1.82, 2.24) is 0 Å². The highest BCUT2D eigenvalue weighted by atomic mass is 19.3. The maximum atomic E-state index is 14.4. The molecule has 2 aromatic rings. The van der Waals surface area contributed by atoms with E-state index in [0.717, 1.165) is 55.9 Å². The maximum absolute atomic E-state index is 14.4. The number of hydrogen-bond donors (Lipinski definition) is 0. The van der Waals surface area contributed by atoms with Crippen molar-refractivity contribution in [3.05, 3.63) is 65.2 Å². The van der Waals surface area contributed by atoms with E-state index < -0.39 is 6.11 Å². The second-order valence-corrected chi connectivity index (χ2v) is 7.38. The van der Waals surface area contributed by atoms with Crippen LogP contribution in [0, 0.1) is 5.92 Å². The number of ether oxygens (including phenoxy) is 1. The molecule has 1 aliphatic rings. The van der Waals surface area contributed by atoms with Gasteiger partial charge in [-0.05, 0) is 73.4 Å². The molecule has 2 nitrogen and oxygen atoms in total. The van der Waals surface area contributed by atoms with E-state index >= 15 is 0 Å². The molecule has 0 radical (unpaired) electrons. The fourth-order valence-corrected chi connectivity index (χ4v) is 3.76. The normalized spacial score (nSPS) is 20.3. The molecule has 2 aromatic carbocycles. The van der Waals surface area contributed by atoms with Crippen LogP contribution in [0.25, 0.3) is 0 Å². The summed E-state index contributed by atoms with van der Waals surface area (Å²) in [5.41, 5.74) is 2.03. The molecule has 4 heteroatoms. The number of benzene rings is 2. The predicted molar refractivity (Wildman–Crippen MR) is 102 cm³/mol. The fourth-order valence-electron chi connectivity index (χ4n) is 3.76. The lowest BCUT2D eigenvalue weighted by atomic mass is 9.79. The minimum Gasteiger partial charge on any atom is -0.429 e. The Labute approximate surface area is 159 Å². The van der Waals surface area contributed by atoms with Gasteiger partial charge >= 0.3 is 6.11 Å². The van der Waals surface area contributed by atoms with Gasteiger partial charge in [-0.25, -0.2) is 0 Å². The highest BCUT2D eigenvalue weighted by Crippen LogP contribution is 2.37. The van der Waals surface area contributed by atoms with E-state index in [2.05, 4.69) is 6.92 Å². The lowest BCUT2D eigenvalue weighted by Crippen LogP contribution is -2.22. The zero-order chi connectivity index (χ0) is 19.3. The van der Waals surface area contributed by atoms with Crippen molar-refractivity contribution in [3.8, 4) is 5.75 Å². The molecule has 0 amide bonds. The Morgan fingerprint density at radius 2 is 1.63 bits per heavy atom. The molecule has 0 bridgehead atoms. The van der Waals surface area contributed by atoms with Gasteiger partial charge in [-0.2, -0.15) is 8.78 Å². The van der Waals surface area contributed by atoms with Crippen LogP contribution in [-0.2, 0) is 17.3 Å². The van der Waals surface area contributed by atoms with Gasteiger partial charge in [0, 0.05) is 5.92 Å². The Kier molecular flexibility index (Phi) is 6.25. The average Bonchev–Trinajstić information content (AvgIpc) is 2.69. The number of hydrogen-bond acceptors (Lipinski definition) is 2. The van der Waals surface area contributed by atoms with Crippen molar-refractivity contribution < 1.29 is 18.3 Å². The SMILES string of the molecule is CCCc1ccc(C(F)(F)Oc2ccc(C3CCC(C=O)CC3)cc2)cc1. The second-order valence-electron chi connectivity index (χ2n) is 7.38. The van der Waals surface area contributed by atoms with Gasteiger partial charge in [-0.1, -0.05) is 37.6 Å². The van der Waals surface area contributed by atoms with E-state index in [1.807, 2.05) is 12.1 Å². The van der Waals surface area contributed by atoms with Crippen LogP contribution in [0.5, 0.6) is 5.75 Å². The number of aryl methyl sites for hydroxylation is 1. The van der Waals surface area contributed by atoms with Crippen LogP contribution in [0.15, 0.2) is 48.5 Å². The average molecular weight is 372 g/mol. The third-order valence-electron chi connectivity index (χ3n) is 5.39. The van der Waals surface area contributed by atoms with E-state index in [9.17, 15) is 13.6 Å². The standard InChI is InChI=1S/C23H26F2O2/c1-2-3-17-6-12-21(13-7-17)23(24,25)27-22-14-10-20(11-15-22)19-8-4-18(16-26)5-9-19/h6-7,10-16,18-19H,2-5,8-9H2,1H3. The summed E-state index contributed by atoms with van der Waals surface area (Å²) < 4.78 is 33.9. The molecule has 27 heavy (non-hydrogen) atoms. The summed E-state index contributed by atoms with van der Waals surface area (Å²) in [6.07, 6.45) is 3.27. The van der Waals surface area contributed by atoms with Crippen molar-refractivity contribution >= 4 is 6.29 Å². The van der Waals surface area contributed by atoms with E-state index in [1.54, 1.807) is 24.3 Å². The van der Waals surface area contributed by atoms with Gasteiger partial charge in [0.15, 0.2) is 0 Å². The summed E-state index contributed by atoms with van der Waals surface area (Å²) in [5, 5.41) is 0. The molecular weight excluding hydrogens is 346 g/mol. The van der Waals surface area contributed by atoms with E-state index in [0.29, 0.717) is 5.92 Å². The minimum absolute atomic E-state index is 0.140. The van der Waals surface area contributed by atoms with Gasteiger partial charge in [0.1, 0.15) is 12.0 Å². The predicted octanol–water partition coefficient (Wildman–Crippen LogP) is 6.24. The number of aldehydes is 1. The molecule has 1 aliphatic carbocycles. The van der Waals surface area contributed by atoms with Crippen LogP contribution in [0.3, 0.4) is 0 Å². The van der Waals surface area contributed by atoms with Gasteiger partial charge < -0.3 is 9.53 Å². The second kappa shape index (κ2) is 8.64. The zero-order valence-electron chi connectivity index (χ0n) is 15.7. The summed E-state index contributed by atoms with van der Waals surface area (Å²) in [6.45, 7) is 2.06. The van der Waals surface area contributed by atoms with Crippen LogP contribution in [0.4, 0.5) is 8.78 Å². The maximum Gasteiger partial charge on any atom is 0.426 e. The fraction of sp³-hybridized carbons (Fsp3) is 0.435. The first-order chi connectivity index (χ1) is 13.0. The minimum atomic E-state index is -3.37. The monoisotopic (exact) mass is 372 g/mol.